The fourth-order valence-electron chi connectivity index (χ4n) is 1.30. The van der Waals surface area contributed by atoms with Crippen LogP contribution in [0.5, 0.6) is 5.75 Å². The maximum atomic E-state index is 11.3. The van der Waals surface area contributed by atoms with E-state index in [1.54, 1.807) is 0 Å². The largest absolute Gasteiger partial charge is 0.513 e. The molecule has 0 atom stereocenters. The lowest BCUT2D eigenvalue weighted by Gasteiger charge is -2.06. The summed E-state index contributed by atoms with van der Waals surface area (Å²) in [5.74, 6) is 2.47. The standard InChI is InChI=1S/C14H15NO7/c1-2-7-19-8-9-20-10-11-21-14(16)22-13-5-3-12(4-6-13)15(17)18/h1,3-6H,7-11H2. The second-order valence-electron chi connectivity index (χ2n) is 3.82. The molecule has 0 saturated heterocycles. The molecule has 0 aliphatic carbocycles. The van der Waals surface area contributed by atoms with Gasteiger partial charge in [-0.2, -0.15) is 0 Å². The number of nitrogens with zero attached hydrogens (tertiary/aromatic N) is 1. The van der Waals surface area contributed by atoms with Crippen molar-refractivity contribution in [3.63, 3.8) is 0 Å². The van der Waals surface area contributed by atoms with Crippen molar-refractivity contribution in [3.8, 4) is 18.1 Å². The van der Waals surface area contributed by atoms with E-state index in [9.17, 15) is 14.9 Å². The SMILES string of the molecule is C#CCOCCOCCOC(=O)Oc1ccc([N+](=O)[O-])cc1. The Hall–Kier alpha value is -2.63. The van der Waals surface area contributed by atoms with Crippen LogP contribution in [0.15, 0.2) is 24.3 Å². The molecule has 0 fully saturated rings. The van der Waals surface area contributed by atoms with E-state index in [0.717, 1.165) is 0 Å². The van der Waals surface area contributed by atoms with Crippen LogP contribution in [-0.4, -0.2) is 44.1 Å². The van der Waals surface area contributed by atoms with E-state index in [-0.39, 0.29) is 31.3 Å². The Balaban J connectivity index is 2.13. The maximum Gasteiger partial charge on any atom is 0.513 e. The summed E-state index contributed by atoms with van der Waals surface area (Å²) in [5.41, 5.74) is -0.0961. The smallest absolute Gasteiger partial charge is 0.432 e. The number of carbonyl (C=O) groups excluding carboxylic acids is 1. The van der Waals surface area contributed by atoms with Crippen molar-refractivity contribution in [1.82, 2.24) is 0 Å². The van der Waals surface area contributed by atoms with Gasteiger partial charge in [-0.1, -0.05) is 5.92 Å². The molecule has 1 aromatic rings. The van der Waals surface area contributed by atoms with Gasteiger partial charge in [-0.05, 0) is 12.1 Å². The summed E-state index contributed by atoms with van der Waals surface area (Å²) in [6.07, 6.45) is 4.07. The number of carbonyl (C=O) groups is 1. The molecule has 8 nitrogen and oxygen atoms in total. The van der Waals surface area contributed by atoms with Gasteiger partial charge >= 0.3 is 6.16 Å². The fraction of sp³-hybridized carbons (Fsp3) is 0.357. The Kier molecular flexibility index (Phi) is 8.04. The second kappa shape index (κ2) is 10.1. The molecule has 1 aromatic carbocycles. The van der Waals surface area contributed by atoms with E-state index in [1.165, 1.54) is 24.3 Å². The van der Waals surface area contributed by atoms with Crippen molar-refractivity contribution >= 4 is 11.8 Å². The third kappa shape index (κ3) is 7.23. The zero-order valence-electron chi connectivity index (χ0n) is 11.7. The molecule has 0 saturated carbocycles. The Morgan fingerprint density at radius 1 is 1.14 bits per heavy atom. The Morgan fingerprint density at radius 2 is 1.77 bits per heavy atom. The molecule has 0 aliphatic heterocycles. The maximum absolute atomic E-state index is 11.3. The van der Waals surface area contributed by atoms with Crippen LogP contribution in [0, 0.1) is 22.5 Å². The van der Waals surface area contributed by atoms with E-state index < -0.39 is 11.1 Å². The zero-order chi connectivity index (χ0) is 16.2. The van der Waals surface area contributed by atoms with Crippen LogP contribution in [0.2, 0.25) is 0 Å². The number of ether oxygens (including phenoxy) is 4. The summed E-state index contributed by atoms with van der Waals surface area (Å²) >= 11 is 0. The minimum atomic E-state index is -0.916. The number of non-ortho nitro benzene ring substituents is 1. The lowest BCUT2D eigenvalue weighted by molar-refractivity contribution is -0.384. The first-order chi connectivity index (χ1) is 10.6. The average Bonchev–Trinajstić information content (AvgIpc) is 2.50. The number of rotatable bonds is 9. The van der Waals surface area contributed by atoms with Gasteiger partial charge in [-0.25, -0.2) is 4.79 Å². The highest BCUT2D eigenvalue weighted by atomic mass is 16.7. The summed E-state index contributed by atoms with van der Waals surface area (Å²) < 4.78 is 19.7. The van der Waals surface area contributed by atoms with E-state index in [4.69, 9.17) is 25.4 Å². The number of terminal acetylenes is 1. The molecule has 0 heterocycles. The molecule has 22 heavy (non-hydrogen) atoms. The van der Waals surface area contributed by atoms with Crippen LogP contribution < -0.4 is 4.74 Å². The van der Waals surface area contributed by atoms with Crippen LogP contribution in [0.3, 0.4) is 0 Å². The van der Waals surface area contributed by atoms with Gasteiger partial charge in [0.2, 0.25) is 0 Å². The normalized spacial score (nSPS) is 9.77. The first-order valence-electron chi connectivity index (χ1n) is 6.31. The predicted octanol–water partition coefficient (Wildman–Crippen LogP) is 1.78. The zero-order valence-corrected chi connectivity index (χ0v) is 11.7. The van der Waals surface area contributed by atoms with Crippen molar-refractivity contribution in [3.05, 3.63) is 34.4 Å². The van der Waals surface area contributed by atoms with Crippen LogP contribution in [0.1, 0.15) is 0 Å². The molecule has 0 radical (unpaired) electrons. The summed E-state index contributed by atoms with van der Waals surface area (Å²) in [6.45, 7) is 1.12. The van der Waals surface area contributed by atoms with E-state index in [0.29, 0.717) is 13.2 Å². The molecular formula is C14H15NO7. The van der Waals surface area contributed by atoms with Gasteiger partial charge in [0.15, 0.2) is 0 Å². The highest BCUT2D eigenvalue weighted by Gasteiger charge is 2.08. The van der Waals surface area contributed by atoms with Crippen LogP contribution in [-0.2, 0) is 14.2 Å². The van der Waals surface area contributed by atoms with E-state index in [1.807, 2.05) is 0 Å². The monoisotopic (exact) mass is 309 g/mol. The number of nitro groups is 1. The van der Waals surface area contributed by atoms with Crippen LogP contribution in [0.4, 0.5) is 10.5 Å². The van der Waals surface area contributed by atoms with Gasteiger partial charge < -0.3 is 18.9 Å². The molecule has 0 amide bonds. The molecule has 0 spiro atoms. The Morgan fingerprint density at radius 3 is 2.41 bits per heavy atom. The molecule has 0 bridgehead atoms. The first kappa shape index (κ1) is 17.4. The van der Waals surface area contributed by atoms with E-state index in [2.05, 4.69) is 5.92 Å². The molecule has 118 valence electrons. The van der Waals surface area contributed by atoms with Gasteiger partial charge in [0, 0.05) is 12.1 Å². The van der Waals surface area contributed by atoms with Gasteiger partial charge in [0.05, 0.1) is 24.7 Å². The van der Waals surface area contributed by atoms with E-state index >= 15 is 0 Å². The summed E-state index contributed by atoms with van der Waals surface area (Å²) in [5, 5.41) is 10.5. The summed E-state index contributed by atoms with van der Waals surface area (Å²) in [4.78, 5) is 21.2. The fourth-order valence-corrected chi connectivity index (χ4v) is 1.30. The molecule has 0 aliphatic rings. The second-order valence-corrected chi connectivity index (χ2v) is 3.82. The highest BCUT2D eigenvalue weighted by Crippen LogP contribution is 2.17. The first-order valence-corrected chi connectivity index (χ1v) is 6.31. The quantitative estimate of drug-likeness (QED) is 0.171. The minimum Gasteiger partial charge on any atom is -0.432 e. The van der Waals surface area contributed by atoms with Crippen LogP contribution >= 0.6 is 0 Å². The molecule has 8 heteroatoms. The summed E-state index contributed by atoms with van der Waals surface area (Å²) in [7, 11) is 0. The average molecular weight is 309 g/mol. The third-order valence-electron chi connectivity index (χ3n) is 2.25. The van der Waals surface area contributed by atoms with Crippen LogP contribution in [0.25, 0.3) is 0 Å². The van der Waals surface area contributed by atoms with Gasteiger partial charge in [-0.15, -0.1) is 6.42 Å². The molecule has 1 rings (SSSR count). The Labute approximate surface area is 127 Å². The number of benzene rings is 1. The van der Waals surface area contributed by atoms with Crippen molar-refractivity contribution in [2.24, 2.45) is 0 Å². The number of nitro benzene ring substituents is 1. The van der Waals surface area contributed by atoms with Gasteiger partial charge in [0.25, 0.3) is 5.69 Å². The van der Waals surface area contributed by atoms with Crippen molar-refractivity contribution in [1.29, 1.82) is 0 Å². The molecule has 0 N–H and O–H groups in total. The van der Waals surface area contributed by atoms with Crippen molar-refractivity contribution in [2.45, 2.75) is 0 Å². The minimum absolute atomic E-state index is 0.0148. The third-order valence-corrected chi connectivity index (χ3v) is 2.25. The van der Waals surface area contributed by atoms with Crippen molar-refractivity contribution in [2.75, 3.05) is 33.0 Å². The molecular weight excluding hydrogens is 294 g/mol. The Bertz CT molecular complexity index is 521. The van der Waals surface area contributed by atoms with Crippen molar-refractivity contribution < 1.29 is 28.7 Å². The highest BCUT2D eigenvalue weighted by molar-refractivity contribution is 5.63. The lowest BCUT2D eigenvalue weighted by atomic mass is 10.3. The van der Waals surface area contributed by atoms with Gasteiger partial charge in [-0.3, -0.25) is 10.1 Å². The van der Waals surface area contributed by atoms with Gasteiger partial charge in [0.1, 0.15) is 19.0 Å². The molecule has 0 aromatic heterocycles. The number of hydrogen-bond donors (Lipinski definition) is 0. The predicted molar refractivity (Wildman–Crippen MR) is 75.5 cm³/mol. The number of hydrogen-bond acceptors (Lipinski definition) is 7. The topological polar surface area (TPSA) is 97.1 Å². The lowest BCUT2D eigenvalue weighted by Crippen LogP contribution is -2.15. The summed E-state index contributed by atoms with van der Waals surface area (Å²) in [6, 6.07) is 5.06. The molecule has 0 unspecified atom stereocenters.